The highest BCUT2D eigenvalue weighted by Crippen LogP contribution is 2.57. The third-order valence-electron chi connectivity index (χ3n) is 16.3. The molecule has 0 bridgehead atoms. The van der Waals surface area contributed by atoms with Gasteiger partial charge in [0.25, 0.3) is 0 Å². The van der Waals surface area contributed by atoms with E-state index in [1.807, 2.05) is 6.07 Å². The second kappa shape index (κ2) is 15.7. The van der Waals surface area contributed by atoms with Gasteiger partial charge in [0.15, 0.2) is 0 Å². The van der Waals surface area contributed by atoms with Crippen LogP contribution in [0.15, 0.2) is 259 Å². The number of fused-ring (bicyclic) bond motifs is 12. The van der Waals surface area contributed by atoms with Crippen LogP contribution in [-0.4, -0.2) is 4.57 Å². The normalized spacial score (nSPS) is 13.8. The van der Waals surface area contributed by atoms with Crippen LogP contribution in [0.3, 0.4) is 0 Å². The van der Waals surface area contributed by atoms with Crippen LogP contribution in [0.2, 0.25) is 0 Å². The standard InChI is InChI=1S/C70H48N2O/c1-69(2)61-28-13-9-22-53(61)56-39-37-51(44-64(56)69)71(49-35-32-45(33-36-49)52-26-17-27-58-57-25-12-16-31-67(57)73-68(52)58)50-38-41-66-60(43-50)59-42-47(34-40-65(59)72(66)48-20-7-4-8-21-48)70(46-18-5-3-6-19-46)62-29-14-10-23-54(62)55-24-11-15-30-63(55)70/h3-44H,1-2H3. The van der Waals surface area contributed by atoms with Crippen molar-refractivity contribution in [3.63, 3.8) is 0 Å². The van der Waals surface area contributed by atoms with Crippen LogP contribution in [0.1, 0.15) is 47.2 Å². The van der Waals surface area contributed by atoms with E-state index >= 15 is 0 Å². The van der Waals surface area contributed by atoms with E-state index in [-0.39, 0.29) is 5.41 Å². The van der Waals surface area contributed by atoms with E-state index in [4.69, 9.17) is 4.42 Å². The van der Waals surface area contributed by atoms with E-state index in [0.29, 0.717) is 0 Å². The molecular weight excluding hydrogens is 885 g/mol. The topological polar surface area (TPSA) is 21.3 Å². The second-order valence-corrected chi connectivity index (χ2v) is 20.4. The van der Waals surface area contributed by atoms with E-state index < -0.39 is 5.41 Å². The minimum Gasteiger partial charge on any atom is -0.455 e. The van der Waals surface area contributed by atoms with Crippen molar-refractivity contribution in [2.75, 3.05) is 4.90 Å². The summed E-state index contributed by atoms with van der Waals surface area (Å²) in [5, 5.41) is 4.65. The molecule has 0 atom stereocenters. The molecule has 0 fully saturated rings. The van der Waals surface area contributed by atoms with Gasteiger partial charge in [0.05, 0.1) is 16.4 Å². The summed E-state index contributed by atoms with van der Waals surface area (Å²) in [6.45, 7) is 4.73. The second-order valence-electron chi connectivity index (χ2n) is 20.4. The Hall–Kier alpha value is -9.18. The van der Waals surface area contributed by atoms with Crippen LogP contribution >= 0.6 is 0 Å². The summed E-state index contributed by atoms with van der Waals surface area (Å²) in [6, 6.07) is 94.2. The lowest BCUT2D eigenvalue weighted by atomic mass is 9.67. The maximum Gasteiger partial charge on any atom is 0.143 e. The summed E-state index contributed by atoms with van der Waals surface area (Å²) in [6.07, 6.45) is 0. The van der Waals surface area contributed by atoms with E-state index in [2.05, 4.69) is 272 Å². The summed E-state index contributed by atoms with van der Waals surface area (Å²) in [7, 11) is 0. The Balaban J connectivity index is 0.965. The first-order valence-electron chi connectivity index (χ1n) is 25.4. The Kier molecular flexibility index (Phi) is 8.92. The Morgan fingerprint density at radius 1 is 0.356 bits per heavy atom. The molecule has 3 nitrogen and oxygen atoms in total. The maximum absolute atomic E-state index is 6.55. The van der Waals surface area contributed by atoms with Crippen molar-refractivity contribution in [1.29, 1.82) is 0 Å². The van der Waals surface area contributed by atoms with Gasteiger partial charge in [-0.05, 0) is 134 Å². The molecule has 0 radical (unpaired) electrons. The fourth-order valence-corrected chi connectivity index (χ4v) is 13.0. The van der Waals surface area contributed by atoms with Gasteiger partial charge in [-0.3, -0.25) is 0 Å². The Labute approximate surface area is 424 Å². The van der Waals surface area contributed by atoms with E-state index in [1.165, 1.54) is 66.4 Å². The van der Waals surface area contributed by atoms with Gasteiger partial charge in [-0.2, -0.15) is 0 Å². The quantitative estimate of drug-likeness (QED) is 0.159. The predicted octanol–water partition coefficient (Wildman–Crippen LogP) is 18.5. The largest absolute Gasteiger partial charge is 0.455 e. The Morgan fingerprint density at radius 3 is 1.63 bits per heavy atom. The summed E-state index contributed by atoms with van der Waals surface area (Å²) in [5.41, 5.74) is 23.0. The first kappa shape index (κ1) is 41.6. The molecular formula is C70H48N2O. The molecule has 15 rings (SSSR count). The molecule has 0 amide bonds. The number of hydrogen-bond donors (Lipinski definition) is 0. The van der Waals surface area contributed by atoms with Gasteiger partial charge >= 0.3 is 0 Å². The lowest BCUT2D eigenvalue weighted by molar-refractivity contribution is 0.660. The zero-order valence-electron chi connectivity index (χ0n) is 40.6. The number of benzene rings is 11. The van der Waals surface area contributed by atoms with Crippen LogP contribution in [0, 0.1) is 0 Å². The van der Waals surface area contributed by atoms with Crippen molar-refractivity contribution < 1.29 is 4.42 Å². The molecule has 0 spiro atoms. The van der Waals surface area contributed by atoms with E-state index in [9.17, 15) is 0 Å². The highest BCUT2D eigenvalue weighted by molar-refractivity contribution is 6.12. The van der Waals surface area contributed by atoms with Crippen molar-refractivity contribution in [3.05, 3.63) is 288 Å². The highest BCUT2D eigenvalue weighted by atomic mass is 16.3. The molecule has 73 heavy (non-hydrogen) atoms. The fraction of sp³-hybridized carbons (Fsp3) is 0.0571. The smallest absolute Gasteiger partial charge is 0.143 e. The van der Waals surface area contributed by atoms with Gasteiger partial charge in [-0.15, -0.1) is 0 Å². The van der Waals surface area contributed by atoms with E-state index in [1.54, 1.807) is 0 Å². The third-order valence-corrected chi connectivity index (χ3v) is 16.3. The molecule has 0 saturated carbocycles. The van der Waals surface area contributed by atoms with Gasteiger partial charge < -0.3 is 13.9 Å². The Bertz CT molecular complexity index is 4300. The van der Waals surface area contributed by atoms with Crippen molar-refractivity contribution in [2.24, 2.45) is 0 Å². The summed E-state index contributed by atoms with van der Waals surface area (Å²) in [5.74, 6) is 0. The number of aromatic nitrogens is 1. The Morgan fingerprint density at radius 2 is 0.890 bits per heavy atom. The van der Waals surface area contributed by atoms with Crippen LogP contribution < -0.4 is 4.90 Å². The first-order chi connectivity index (χ1) is 36.0. The van der Waals surface area contributed by atoms with Crippen molar-refractivity contribution in [1.82, 2.24) is 4.57 Å². The molecule has 0 unspecified atom stereocenters. The zero-order chi connectivity index (χ0) is 48.4. The van der Waals surface area contributed by atoms with Crippen LogP contribution in [0.5, 0.6) is 0 Å². The number of para-hydroxylation sites is 3. The van der Waals surface area contributed by atoms with Gasteiger partial charge in [-0.1, -0.05) is 196 Å². The van der Waals surface area contributed by atoms with Crippen LogP contribution in [0.4, 0.5) is 17.1 Å². The number of nitrogens with zero attached hydrogens (tertiary/aromatic N) is 2. The van der Waals surface area contributed by atoms with Crippen LogP contribution in [-0.2, 0) is 10.8 Å². The molecule has 0 saturated heterocycles. The molecule has 0 N–H and O–H groups in total. The predicted molar refractivity (Wildman–Crippen MR) is 303 cm³/mol. The molecule has 2 aliphatic carbocycles. The molecule has 11 aromatic carbocycles. The molecule has 3 heteroatoms. The SMILES string of the molecule is CC1(C)c2ccccc2-c2ccc(N(c3ccc(-c4cccc5c4oc4ccccc45)cc3)c3ccc4c(c3)c3cc(C5(c6ccccc6)c6ccccc6-c6ccccc65)ccc3n4-c3ccccc3)cc21. The minimum atomic E-state index is -0.531. The van der Waals surface area contributed by atoms with Gasteiger partial charge in [0, 0.05) is 55.3 Å². The van der Waals surface area contributed by atoms with Crippen LogP contribution in [0.25, 0.3) is 82.8 Å². The van der Waals surface area contributed by atoms with E-state index in [0.717, 1.165) is 66.8 Å². The number of hydrogen-bond acceptors (Lipinski definition) is 2. The monoisotopic (exact) mass is 932 g/mol. The zero-order valence-corrected chi connectivity index (χ0v) is 40.6. The lowest BCUT2D eigenvalue weighted by Crippen LogP contribution is -2.28. The summed E-state index contributed by atoms with van der Waals surface area (Å²) in [4.78, 5) is 2.45. The molecule has 0 aliphatic heterocycles. The molecule has 13 aromatic rings. The average molecular weight is 933 g/mol. The highest BCUT2D eigenvalue weighted by Gasteiger charge is 2.46. The summed E-state index contributed by atoms with van der Waals surface area (Å²) < 4.78 is 8.99. The fourth-order valence-electron chi connectivity index (χ4n) is 13.0. The average Bonchev–Trinajstić information content (AvgIpc) is 4.17. The van der Waals surface area contributed by atoms with Crippen molar-refractivity contribution in [3.8, 4) is 39.1 Å². The van der Waals surface area contributed by atoms with Gasteiger partial charge in [-0.25, -0.2) is 0 Å². The van der Waals surface area contributed by atoms with Crippen molar-refractivity contribution >= 4 is 60.8 Å². The third kappa shape index (κ3) is 5.94. The van der Waals surface area contributed by atoms with Crippen molar-refractivity contribution in [2.45, 2.75) is 24.7 Å². The number of anilines is 3. The lowest BCUT2D eigenvalue weighted by Gasteiger charge is -2.34. The molecule has 2 heterocycles. The number of rotatable bonds is 7. The summed E-state index contributed by atoms with van der Waals surface area (Å²) >= 11 is 0. The molecule has 2 aliphatic rings. The molecule has 344 valence electrons. The molecule has 2 aromatic heterocycles. The first-order valence-corrected chi connectivity index (χ1v) is 25.4. The van der Waals surface area contributed by atoms with Gasteiger partial charge in [0.2, 0.25) is 0 Å². The van der Waals surface area contributed by atoms with Gasteiger partial charge in [0.1, 0.15) is 11.2 Å². The maximum atomic E-state index is 6.55. The number of furan rings is 1. The minimum absolute atomic E-state index is 0.168.